The zero-order valence-corrected chi connectivity index (χ0v) is 16.9. The predicted octanol–water partition coefficient (Wildman–Crippen LogP) is 4.39. The van der Waals surface area contributed by atoms with Gasteiger partial charge in [-0.2, -0.15) is 4.98 Å². The van der Waals surface area contributed by atoms with E-state index in [1.165, 1.54) is 0 Å². The van der Waals surface area contributed by atoms with Crippen molar-refractivity contribution >= 4 is 23.1 Å². The molecule has 0 atom stereocenters. The first-order chi connectivity index (χ1) is 14.2. The molecule has 2 N–H and O–H groups in total. The van der Waals surface area contributed by atoms with E-state index in [9.17, 15) is 0 Å². The van der Waals surface area contributed by atoms with Crippen LogP contribution in [0.1, 0.15) is 6.92 Å². The van der Waals surface area contributed by atoms with Gasteiger partial charge in [0.15, 0.2) is 11.5 Å². The van der Waals surface area contributed by atoms with E-state index in [1.807, 2.05) is 31.2 Å². The third-order valence-electron chi connectivity index (χ3n) is 4.03. The van der Waals surface area contributed by atoms with Crippen LogP contribution < -0.4 is 29.6 Å². The summed E-state index contributed by atoms with van der Waals surface area (Å²) in [5.41, 5.74) is 1.53. The number of nitrogens with one attached hydrogen (secondary N) is 2. The van der Waals surface area contributed by atoms with Crippen molar-refractivity contribution in [1.82, 2.24) is 9.97 Å². The fraction of sp³-hybridized carbons (Fsp3) is 0.238. The molecule has 0 amide bonds. The Kier molecular flexibility index (Phi) is 6.57. The SMILES string of the molecule is CCOc1ccccc1Nc1nccc(Nc2cc(OC)c(OC)c(OC)c2)n1. The molecule has 1 aromatic heterocycles. The Labute approximate surface area is 169 Å². The number of benzene rings is 2. The van der Waals surface area contributed by atoms with E-state index < -0.39 is 0 Å². The second-order valence-corrected chi connectivity index (χ2v) is 5.86. The standard InChI is InChI=1S/C21H24N4O4/c1-5-29-16-9-7-6-8-15(16)24-21-22-11-10-19(25-21)23-14-12-17(26-2)20(28-4)18(13-14)27-3/h6-13H,5H2,1-4H3,(H2,22,23,24,25). The van der Waals surface area contributed by atoms with Crippen molar-refractivity contribution in [3.05, 3.63) is 48.7 Å². The monoisotopic (exact) mass is 396 g/mol. The Balaban J connectivity index is 1.84. The van der Waals surface area contributed by atoms with Gasteiger partial charge in [0, 0.05) is 24.0 Å². The molecule has 8 heteroatoms. The summed E-state index contributed by atoms with van der Waals surface area (Å²) in [7, 11) is 4.71. The maximum atomic E-state index is 5.63. The molecule has 0 aliphatic rings. The van der Waals surface area contributed by atoms with Crippen LogP contribution in [0, 0.1) is 0 Å². The Morgan fingerprint density at radius 3 is 2.24 bits per heavy atom. The lowest BCUT2D eigenvalue weighted by Crippen LogP contribution is -2.03. The molecule has 1 heterocycles. The Bertz CT molecular complexity index is 940. The quantitative estimate of drug-likeness (QED) is 0.551. The lowest BCUT2D eigenvalue weighted by molar-refractivity contribution is 0.324. The van der Waals surface area contributed by atoms with E-state index in [2.05, 4.69) is 20.6 Å². The van der Waals surface area contributed by atoms with Crippen molar-refractivity contribution in [2.45, 2.75) is 6.92 Å². The minimum absolute atomic E-state index is 0.439. The van der Waals surface area contributed by atoms with Gasteiger partial charge in [-0.05, 0) is 25.1 Å². The highest BCUT2D eigenvalue weighted by Crippen LogP contribution is 2.40. The minimum atomic E-state index is 0.439. The maximum absolute atomic E-state index is 5.63. The molecule has 3 aromatic rings. The van der Waals surface area contributed by atoms with Crippen LogP contribution in [-0.4, -0.2) is 37.9 Å². The molecule has 0 saturated carbocycles. The van der Waals surface area contributed by atoms with Gasteiger partial charge in [0.1, 0.15) is 11.6 Å². The summed E-state index contributed by atoms with van der Waals surface area (Å²) < 4.78 is 21.8. The number of anilines is 4. The molecule has 0 unspecified atom stereocenters. The Morgan fingerprint density at radius 2 is 1.59 bits per heavy atom. The van der Waals surface area contributed by atoms with Crippen molar-refractivity contribution in [1.29, 1.82) is 0 Å². The minimum Gasteiger partial charge on any atom is -0.493 e. The number of rotatable bonds is 9. The van der Waals surface area contributed by atoms with E-state index in [0.717, 1.165) is 17.1 Å². The lowest BCUT2D eigenvalue weighted by Gasteiger charge is -2.15. The number of ether oxygens (including phenoxy) is 4. The number of methoxy groups -OCH3 is 3. The van der Waals surface area contributed by atoms with E-state index in [-0.39, 0.29) is 0 Å². The molecule has 0 aliphatic carbocycles. The van der Waals surface area contributed by atoms with Gasteiger partial charge < -0.3 is 29.6 Å². The van der Waals surface area contributed by atoms with Crippen LogP contribution in [0.2, 0.25) is 0 Å². The zero-order valence-electron chi connectivity index (χ0n) is 16.9. The second kappa shape index (κ2) is 9.50. The van der Waals surface area contributed by atoms with Gasteiger partial charge in [0.05, 0.1) is 33.6 Å². The highest BCUT2D eigenvalue weighted by molar-refractivity contribution is 5.68. The average molecular weight is 396 g/mol. The molecule has 0 saturated heterocycles. The van der Waals surface area contributed by atoms with E-state index >= 15 is 0 Å². The van der Waals surface area contributed by atoms with Gasteiger partial charge in [-0.1, -0.05) is 12.1 Å². The molecule has 29 heavy (non-hydrogen) atoms. The van der Waals surface area contributed by atoms with Crippen molar-refractivity contribution in [2.24, 2.45) is 0 Å². The summed E-state index contributed by atoms with van der Waals surface area (Å²) in [5, 5.41) is 6.42. The smallest absolute Gasteiger partial charge is 0.229 e. The molecule has 2 aromatic carbocycles. The molecule has 0 aliphatic heterocycles. The fourth-order valence-electron chi connectivity index (χ4n) is 2.76. The van der Waals surface area contributed by atoms with Gasteiger partial charge in [0.25, 0.3) is 0 Å². The van der Waals surface area contributed by atoms with Crippen molar-refractivity contribution < 1.29 is 18.9 Å². The summed E-state index contributed by atoms with van der Waals surface area (Å²) in [5.74, 6) is 3.40. The van der Waals surface area contributed by atoms with Crippen LogP contribution in [0.3, 0.4) is 0 Å². The first kappa shape index (κ1) is 20.1. The number of para-hydroxylation sites is 2. The summed E-state index contributed by atoms with van der Waals surface area (Å²) in [6.07, 6.45) is 1.67. The first-order valence-corrected chi connectivity index (χ1v) is 9.07. The summed E-state index contributed by atoms with van der Waals surface area (Å²) in [6.45, 7) is 2.51. The summed E-state index contributed by atoms with van der Waals surface area (Å²) in [4.78, 5) is 8.80. The summed E-state index contributed by atoms with van der Waals surface area (Å²) >= 11 is 0. The molecule has 3 rings (SSSR count). The summed E-state index contributed by atoms with van der Waals surface area (Å²) in [6, 6.07) is 13.0. The Morgan fingerprint density at radius 1 is 0.862 bits per heavy atom. The number of hydrogen-bond acceptors (Lipinski definition) is 8. The largest absolute Gasteiger partial charge is 0.493 e. The van der Waals surface area contributed by atoms with Crippen molar-refractivity contribution in [3.8, 4) is 23.0 Å². The van der Waals surface area contributed by atoms with Crippen LogP contribution in [0.4, 0.5) is 23.1 Å². The van der Waals surface area contributed by atoms with Crippen LogP contribution in [0.25, 0.3) is 0 Å². The topological polar surface area (TPSA) is 86.8 Å². The number of nitrogens with zero attached hydrogens (tertiary/aromatic N) is 2. The number of aromatic nitrogens is 2. The zero-order chi connectivity index (χ0) is 20.6. The second-order valence-electron chi connectivity index (χ2n) is 5.86. The van der Waals surface area contributed by atoms with Crippen LogP contribution in [0.5, 0.6) is 23.0 Å². The van der Waals surface area contributed by atoms with Gasteiger partial charge in [-0.3, -0.25) is 0 Å². The van der Waals surface area contributed by atoms with Crippen LogP contribution >= 0.6 is 0 Å². The molecular weight excluding hydrogens is 372 g/mol. The fourth-order valence-corrected chi connectivity index (χ4v) is 2.76. The molecular formula is C21H24N4O4. The van der Waals surface area contributed by atoms with Gasteiger partial charge >= 0.3 is 0 Å². The third kappa shape index (κ3) is 4.78. The Hall–Kier alpha value is -3.68. The molecule has 0 spiro atoms. The molecule has 152 valence electrons. The molecule has 8 nitrogen and oxygen atoms in total. The third-order valence-corrected chi connectivity index (χ3v) is 4.03. The maximum Gasteiger partial charge on any atom is 0.229 e. The van der Waals surface area contributed by atoms with Crippen LogP contribution in [0.15, 0.2) is 48.7 Å². The lowest BCUT2D eigenvalue weighted by atomic mass is 10.2. The van der Waals surface area contributed by atoms with Crippen molar-refractivity contribution in [3.63, 3.8) is 0 Å². The van der Waals surface area contributed by atoms with Gasteiger partial charge in [-0.25, -0.2) is 4.98 Å². The van der Waals surface area contributed by atoms with E-state index in [0.29, 0.717) is 35.6 Å². The molecule has 0 radical (unpaired) electrons. The predicted molar refractivity (Wildman–Crippen MR) is 112 cm³/mol. The van der Waals surface area contributed by atoms with Crippen LogP contribution in [-0.2, 0) is 0 Å². The molecule has 0 fully saturated rings. The van der Waals surface area contributed by atoms with Gasteiger partial charge in [0.2, 0.25) is 11.7 Å². The molecule has 0 bridgehead atoms. The first-order valence-electron chi connectivity index (χ1n) is 9.07. The van der Waals surface area contributed by atoms with E-state index in [4.69, 9.17) is 18.9 Å². The number of hydrogen-bond donors (Lipinski definition) is 2. The highest BCUT2D eigenvalue weighted by atomic mass is 16.5. The van der Waals surface area contributed by atoms with Gasteiger partial charge in [-0.15, -0.1) is 0 Å². The van der Waals surface area contributed by atoms with E-state index in [1.54, 1.807) is 45.7 Å². The highest BCUT2D eigenvalue weighted by Gasteiger charge is 2.14. The average Bonchev–Trinajstić information content (AvgIpc) is 2.75. The van der Waals surface area contributed by atoms with Crippen molar-refractivity contribution in [2.75, 3.05) is 38.6 Å². The normalized spacial score (nSPS) is 10.2.